The van der Waals surface area contributed by atoms with Gasteiger partial charge in [0.25, 0.3) is 0 Å². The van der Waals surface area contributed by atoms with Crippen LogP contribution in [0, 0.1) is 0 Å². The molecule has 0 N–H and O–H groups in total. The van der Waals surface area contributed by atoms with Crippen LogP contribution >= 0.6 is 63.7 Å². The Morgan fingerprint density at radius 2 is 0.343 bits per heavy atom. The topological polar surface area (TPSA) is 15.5 Å². The Bertz CT molecular complexity index is 3470. The molecule has 0 atom stereocenters. The van der Waals surface area contributed by atoms with E-state index in [4.69, 9.17) is 0 Å². The first-order valence-corrected chi connectivity index (χ1v) is 44.6. The van der Waals surface area contributed by atoms with Crippen molar-refractivity contribution < 1.29 is 86.2 Å². The van der Waals surface area contributed by atoms with E-state index in [1.165, 1.54) is 224 Å². The molecule has 10 rings (SSSR count). The van der Waals surface area contributed by atoms with Crippen molar-refractivity contribution in [3.05, 3.63) is 288 Å². The SMILES string of the molecule is BrCCCCCc1cc(CCCCCBr)c(CCCCCBr)cc1CCCCCBr.[Br-].[Br-].[Br-].[Br-].c1ccc(-c2ccc[n+](CCCCCc3cc(CCCCC[n+]4cccc(-c5ccccc5)c4)c(CCCCC[n+]4cccc(-c5ccccc5)c4)cc3CCCCC[n+]3cccc(-c4ccccc4)c3)c2)cc1. The minimum atomic E-state index is 0. The maximum atomic E-state index is 3.59. The summed E-state index contributed by atoms with van der Waals surface area (Å²) in [5.74, 6) is 0. The molecule has 0 bridgehead atoms. The molecule has 0 aliphatic carbocycles. The van der Waals surface area contributed by atoms with E-state index in [9.17, 15) is 0 Å². The van der Waals surface area contributed by atoms with E-state index >= 15 is 0 Å². The predicted molar refractivity (Wildman–Crippen MR) is 457 cm³/mol. The van der Waals surface area contributed by atoms with Crippen LogP contribution < -0.4 is 86.2 Å². The van der Waals surface area contributed by atoms with Gasteiger partial charge in [0.15, 0.2) is 49.6 Å². The Kier molecular flexibility index (Phi) is 50.4. The summed E-state index contributed by atoms with van der Waals surface area (Å²) in [7, 11) is 0. The van der Waals surface area contributed by atoms with E-state index in [-0.39, 0.29) is 67.9 Å². The summed E-state index contributed by atoms with van der Waals surface area (Å²) < 4.78 is 9.54. The second-order valence-electron chi connectivity index (χ2n) is 28.8. The van der Waals surface area contributed by atoms with Gasteiger partial charge in [-0.15, -0.1) is 0 Å². The highest BCUT2D eigenvalue weighted by atomic mass is 79.9. The van der Waals surface area contributed by atoms with Gasteiger partial charge in [0.05, 0.1) is 0 Å². The number of hydrogen-bond acceptors (Lipinski definition) is 0. The summed E-state index contributed by atoms with van der Waals surface area (Å²) in [6.45, 7) is 4.21. The van der Waals surface area contributed by atoms with E-state index < -0.39 is 0 Å². The zero-order valence-electron chi connectivity index (χ0n) is 64.2. The van der Waals surface area contributed by atoms with Gasteiger partial charge in [-0.2, -0.15) is 0 Å². The lowest BCUT2D eigenvalue weighted by atomic mass is 9.88. The Morgan fingerprint density at radius 1 is 0.176 bits per heavy atom. The molecule has 0 radical (unpaired) electrons. The second-order valence-corrected chi connectivity index (χ2v) is 32.0. The number of unbranched alkanes of at least 4 members (excludes halogenated alkanes) is 16. The van der Waals surface area contributed by atoms with Crippen LogP contribution in [0.4, 0.5) is 0 Å². The summed E-state index contributed by atoms with van der Waals surface area (Å²) in [6.07, 6.45) is 58.3. The first-order chi connectivity index (χ1) is 51.5. The molecule has 12 heteroatoms. The quantitative estimate of drug-likeness (QED) is 0.0205. The molecule has 4 aromatic heterocycles. The van der Waals surface area contributed by atoms with E-state index in [1.54, 1.807) is 44.5 Å². The van der Waals surface area contributed by atoms with Gasteiger partial charge in [0, 0.05) is 93.5 Å². The number of aryl methyl sites for hydroxylation is 12. The lowest BCUT2D eigenvalue weighted by Gasteiger charge is -2.17. The van der Waals surface area contributed by atoms with Gasteiger partial charge in [0.1, 0.15) is 26.2 Å². The van der Waals surface area contributed by atoms with Crippen molar-refractivity contribution in [1.82, 2.24) is 0 Å². The van der Waals surface area contributed by atoms with Crippen LogP contribution in [0.2, 0.25) is 0 Å². The predicted octanol–water partition coefficient (Wildman–Crippen LogP) is 13.3. The lowest BCUT2D eigenvalue weighted by molar-refractivity contribution is -0.697. The van der Waals surface area contributed by atoms with Crippen LogP contribution in [0.3, 0.4) is 0 Å². The van der Waals surface area contributed by atoms with Crippen molar-refractivity contribution in [2.45, 2.75) is 232 Å². The van der Waals surface area contributed by atoms with Crippen molar-refractivity contribution in [1.29, 1.82) is 0 Å². The summed E-state index contributed by atoms with van der Waals surface area (Å²) in [4.78, 5) is 0. The molecule has 580 valence electrons. The van der Waals surface area contributed by atoms with E-state index in [1.807, 2.05) is 0 Å². The van der Waals surface area contributed by atoms with Gasteiger partial charge < -0.3 is 67.9 Å². The molecule has 0 saturated heterocycles. The van der Waals surface area contributed by atoms with Gasteiger partial charge in [0.2, 0.25) is 0 Å². The smallest absolute Gasteiger partial charge is 0.176 e. The minimum Gasteiger partial charge on any atom is -1.00 e. The molecule has 4 heterocycles. The van der Waals surface area contributed by atoms with Crippen LogP contribution in [-0.4, -0.2) is 21.3 Å². The number of alkyl halides is 4. The largest absolute Gasteiger partial charge is 1.00 e. The number of rotatable bonds is 48. The van der Waals surface area contributed by atoms with Crippen molar-refractivity contribution in [2.75, 3.05) is 21.3 Å². The average Bonchev–Trinajstić information content (AvgIpc) is 0.826. The molecule has 0 aliphatic heterocycles. The maximum absolute atomic E-state index is 3.59. The molecule has 0 spiro atoms. The normalized spacial score (nSPS) is 10.9. The van der Waals surface area contributed by atoms with Gasteiger partial charge in [-0.3, -0.25) is 0 Å². The highest BCUT2D eigenvalue weighted by molar-refractivity contribution is 9.09. The number of pyridine rings is 4. The standard InChI is InChI=1S/C70H78N4.C26H42Br4.4BrH/c1-9-29-59(30-10-1)67-41-25-49-71(55-67)45-21-5-17-37-63-53-65(39-19-7-23-47-73-51-27-43-69(57-73)61-33-13-3-14-34-61)66(40-20-8-24-48-74-52-28-44-70(58-74)62-35-15-4-16-36-62)54-64(63)38-18-6-22-46-72-50-26-42-68(56-72)60-31-11-2-12-32-60;27-17-9-1-5-13-23-21-25(15-7-3-11-19-29)26(16-8-4-12-20-30)22-24(23)14-6-2-10-18-28;;;;/h1-4,9-16,25-36,41-44,49-58H,5-8,17-24,37-40,45-48H2;21-22H,1-20H2;4*1H/q+4;;;;;/p-4. The Balaban J connectivity index is 0.000000522. The van der Waals surface area contributed by atoms with Crippen molar-refractivity contribution in [2.24, 2.45) is 0 Å². The Labute approximate surface area is 728 Å². The highest BCUT2D eigenvalue weighted by Crippen LogP contribution is 2.29. The van der Waals surface area contributed by atoms with E-state index in [2.05, 4.69) is 326 Å². The molecular formula is C96H120Br8N4. The zero-order valence-corrected chi connectivity index (χ0v) is 76.9. The average molecular weight is 1970 g/mol. The third kappa shape index (κ3) is 35.0. The number of hydrogen-bond donors (Lipinski definition) is 0. The number of nitrogens with zero attached hydrogens (tertiary/aromatic N) is 4. The van der Waals surface area contributed by atoms with Crippen LogP contribution in [-0.2, 0) is 77.5 Å². The molecule has 10 aromatic rings. The summed E-state index contributed by atoms with van der Waals surface area (Å²) in [5.41, 5.74) is 23.3. The van der Waals surface area contributed by atoms with Crippen LogP contribution in [0.5, 0.6) is 0 Å². The molecule has 0 unspecified atom stereocenters. The minimum absolute atomic E-state index is 0. The van der Waals surface area contributed by atoms with Gasteiger partial charge in [-0.05, 0) is 245 Å². The monoisotopic (exact) mass is 1960 g/mol. The second kappa shape index (κ2) is 57.7. The maximum Gasteiger partial charge on any atom is 0.176 e. The fraction of sp³-hybridized carbons (Fsp3) is 0.417. The molecule has 6 aromatic carbocycles. The number of benzene rings is 6. The first-order valence-electron chi connectivity index (χ1n) is 40.2. The molecular weight excluding hydrogens is 1850 g/mol. The van der Waals surface area contributed by atoms with Crippen molar-refractivity contribution in [3.63, 3.8) is 0 Å². The Hall–Kier alpha value is -4.24. The lowest BCUT2D eigenvalue weighted by Crippen LogP contribution is -3.00. The van der Waals surface area contributed by atoms with Crippen LogP contribution in [0.15, 0.2) is 244 Å². The first kappa shape index (κ1) is 94.4. The van der Waals surface area contributed by atoms with Crippen molar-refractivity contribution in [3.8, 4) is 44.5 Å². The van der Waals surface area contributed by atoms with Crippen molar-refractivity contribution >= 4 is 63.7 Å². The van der Waals surface area contributed by atoms with Gasteiger partial charge in [-0.25, -0.2) is 18.3 Å². The molecule has 0 amide bonds. The third-order valence-electron chi connectivity index (χ3n) is 20.7. The molecule has 0 saturated carbocycles. The fourth-order valence-corrected chi connectivity index (χ4v) is 16.4. The van der Waals surface area contributed by atoms with E-state index in [0.717, 1.165) is 73.2 Å². The molecule has 4 nitrogen and oxygen atoms in total. The number of aromatic nitrogens is 4. The van der Waals surface area contributed by atoms with Crippen LogP contribution in [0.1, 0.15) is 199 Å². The summed E-state index contributed by atoms with van der Waals surface area (Å²) in [5, 5.41) is 4.55. The Morgan fingerprint density at radius 3 is 0.519 bits per heavy atom. The van der Waals surface area contributed by atoms with Gasteiger partial charge >= 0.3 is 0 Å². The summed E-state index contributed by atoms with van der Waals surface area (Å²) >= 11 is 14.3. The number of halogens is 8. The fourth-order valence-electron chi connectivity index (χ4n) is 14.8. The molecule has 0 fully saturated rings. The third-order valence-corrected chi connectivity index (χ3v) is 22.9. The van der Waals surface area contributed by atoms with Gasteiger partial charge in [-0.1, -0.05) is 235 Å². The summed E-state index contributed by atoms with van der Waals surface area (Å²) in [6, 6.07) is 71.4. The van der Waals surface area contributed by atoms with Crippen LogP contribution in [0.25, 0.3) is 44.5 Å². The highest BCUT2D eigenvalue weighted by Gasteiger charge is 2.16. The zero-order chi connectivity index (χ0) is 72.1. The van der Waals surface area contributed by atoms with E-state index in [0.29, 0.717) is 0 Å². The molecule has 108 heavy (non-hydrogen) atoms. The molecule has 0 aliphatic rings.